The highest BCUT2D eigenvalue weighted by atomic mass is 32.2. The van der Waals surface area contributed by atoms with Crippen LogP contribution in [0.1, 0.15) is 50.5 Å². The SMILES string of the molecule is C[C@@H](OC(O)N1CC[C@H](NS(=O)(=O)N(C)C)[C@H](CO[C@H]2CC[C@@H](c3cccc(F)c3)CC2)C1)C(F)F. The summed E-state index contributed by atoms with van der Waals surface area (Å²) in [5, 5.41) is 10.3. The highest BCUT2D eigenvalue weighted by Gasteiger charge is 2.37. The lowest BCUT2D eigenvalue weighted by Gasteiger charge is -2.41. The first-order valence-electron chi connectivity index (χ1n) is 12.4. The van der Waals surface area contributed by atoms with Gasteiger partial charge in [-0.3, -0.25) is 4.90 Å². The summed E-state index contributed by atoms with van der Waals surface area (Å²) in [4.78, 5) is 1.52. The molecule has 1 aromatic rings. The number of rotatable bonds is 11. The van der Waals surface area contributed by atoms with Crippen molar-refractivity contribution in [2.24, 2.45) is 5.92 Å². The van der Waals surface area contributed by atoms with Crippen molar-refractivity contribution in [3.05, 3.63) is 35.6 Å². The van der Waals surface area contributed by atoms with Crippen LogP contribution >= 0.6 is 0 Å². The molecule has 3 rings (SSSR count). The van der Waals surface area contributed by atoms with E-state index in [0.717, 1.165) is 35.6 Å². The molecule has 12 heteroatoms. The fourth-order valence-corrected chi connectivity index (χ4v) is 5.71. The Morgan fingerprint density at radius 2 is 1.89 bits per heavy atom. The van der Waals surface area contributed by atoms with E-state index in [2.05, 4.69) is 4.72 Å². The fourth-order valence-electron chi connectivity index (χ4n) is 4.80. The monoisotopic (exact) mass is 537 g/mol. The molecule has 0 aromatic heterocycles. The van der Waals surface area contributed by atoms with Crippen LogP contribution in [0, 0.1) is 11.7 Å². The molecule has 1 heterocycles. The summed E-state index contributed by atoms with van der Waals surface area (Å²) in [5.74, 6) is -0.294. The maximum absolute atomic E-state index is 13.6. The molecule has 206 valence electrons. The van der Waals surface area contributed by atoms with Gasteiger partial charge in [-0.25, -0.2) is 13.2 Å². The van der Waals surface area contributed by atoms with Crippen molar-refractivity contribution < 1.29 is 36.2 Å². The van der Waals surface area contributed by atoms with Crippen LogP contribution in [-0.4, -0.2) is 87.6 Å². The van der Waals surface area contributed by atoms with Crippen LogP contribution in [0.3, 0.4) is 0 Å². The van der Waals surface area contributed by atoms with Crippen LogP contribution in [0.4, 0.5) is 13.2 Å². The number of hydrogen-bond donors (Lipinski definition) is 2. The van der Waals surface area contributed by atoms with Crippen molar-refractivity contribution in [1.29, 1.82) is 0 Å². The summed E-state index contributed by atoms with van der Waals surface area (Å²) in [6.45, 7) is 1.92. The van der Waals surface area contributed by atoms with Gasteiger partial charge in [0.2, 0.25) is 6.41 Å². The molecule has 36 heavy (non-hydrogen) atoms. The van der Waals surface area contributed by atoms with E-state index in [1.54, 1.807) is 12.1 Å². The third-order valence-corrected chi connectivity index (χ3v) is 8.65. The second kappa shape index (κ2) is 13.0. The van der Waals surface area contributed by atoms with Crippen molar-refractivity contribution in [1.82, 2.24) is 13.9 Å². The van der Waals surface area contributed by atoms with Crippen LogP contribution < -0.4 is 4.72 Å². The van der Waals surface area contributed by atoms with Crippen LogP contribution in [0.25, 0.3) is 0 Å². The summed E-state index contributed by atoms with van der Waals surface area (Å²) in [6, 6.07) is 6.22. The van der Waals surface area contributed by atoms with Gasteiger partial charge in [0.25, 0.3) is 16.6 Å². The smallest absolute Gasteiger partial charge is 0.279 e. The molecule has 0 spiro atoms. The number of alkyl halides is 2. The quantitative estimate of drug-likeness (QED) is 0.422. The average Bonchev–Trinajstić information content (AvgIpc) is 2.83. The topological polar surface area (TPSA) is 91.3 Å². The van der Waals surface area contributed by atoms with Crippen molar-refractivity contribution in [3.63, 3.8) is 0 Å². The summed E-state index contributed by atoms with van der Waals surface area (Å²) in [6.07, 6.45) is -2.04. The third kappa shape index (κ3) is 8.11. The first-order valence-corrected chi connectivity index (χ1v) is 13.8. The molecular weight excluding hydrogens is 499 g/mol. The van der Waals surface area contributed by atoms with Crippen LogP contribution in [0.15, 0.2) is 24.3 Å². The number of piperidine rings is 1. The largest absolute Gasteiger partial charge is 0.378 e. The zero-order valence-electron chi connectivity index (χ0n) is 21.0. The molecule has 1 saturated carbocycles. The van der Waals surface area contributed by atoms with Gasteiger partial charge in [-0.2, -0.15) is 17.4 Å². The van der Waals surface area contributed by atoms with Crippen LogP contribution in [-0.2, 0) is 19.7 Å². The second-order valence-corrected chi connectivity index (χ2v) is 11.8. The summed E-state index contributed by atoms with van der Waals surface area (Å²) in [5.41, 5.74) is 0.988. The van der Waals surface area contributed by atoms with Gasteiger partial charge in [-0.1, -0.05) is 12.1 Å². The van der Waals surface area contributed by atoms with Gasteiger partial charge in [-0.05, 0) is 62.6 Å². The Morgan fingerprint density at radius 1 is 1.19 bits per heavy atom. The predicted molar refractivity (Wildman–Crippen MR) is 129 cm³/mol. The average molecular weight is 538 g/mol. The van der Waals surface area contributed by atoms with Crippen LogP contribution in [0.5, 0.6) is 0 Å². The zero-order chi connectivity index (χ0) is 26.5. The Kier molecular flexibility index (Phi) is 10.6. The molecule has 4 atom stereocenters. The van der Waals surface area contributed by atoms with Crippen LogP contribution in [0.2, 0.25) is 0 Å². The zero-order valence-corrected chi connectivity index (χ0v) is 21.8. The number of aliphatic hydroxyl groups is 1. The van der Waals surface area contributed by atoms with Gasteiger partial charge in [0, 0.05) is 39.1 Å². The molecule has 2 fully saturated rings. The third-order valence-electron chi connectivity index (χ3n) is 7.09. The van der Waals surface area contributed by atoms with E-state index in [1.807, 2.05) is 6.07 Å². The number of ether oxygens (including phenoxy) is 2. The van der Waals surface area contributed by atoms with E-state index < -0.39 is 35.2 Å². The standard InChI is InChI=1S/C24H38F3N3O5S/c1-16(23(26)27)35-24(31)30-12-11-22(28-36(32,33)29(2)3)19(14-30)15-34-21-9-7-17(8-10-21)18-5-4-6-20(25)13-18/h4-6,13,16-17,19,21-24,28,31H,7-12,14-15H2,1-3H3/t16-,17-,19+,21+,22+,24?/m1/s1. The van der Waals surface area contributed by atoms with Crippen molar-refractivity contribution in [2.75, 3.05) is 33.8 Å². The lowest BCUT2D eigenvalue weighted by atomic mass is 9.82. The van der Waals surface area contributed by atoms with E-state index in [9.17, 15) is 26.7 Å². The van der Waals surface area contributed by atoms with Gasteiger partial charge in [0.15, 0.2) is 0 Å². The molecule has 0 bridgehead atoms. The summed E-state index contributed by atoms with van der Waals surface area (Å²) >= 11 is 0. The molecule has 0 amide bonds. The molecule has 2 N–H and O–H groups in total. The van der Waals surface area contributed by atoms with Crippen molar-refractivity contribution in [3.8, 4) is 0 Å². The van der Waals surface area contributed by atoms with Gasteiger partial charge in [0.1, 0.15) is 11.9 Å². The Balaban J connectivity index is 1.59. The summed E-state index contributed by atoms with van der Waals surface area (Å²) in [7, 11) is -0.830. The minimum Gasteiger partial charge on any atom is -0.378 e. The molecular formula is C24H38F3N3O5S. The molecule has 8 nitrogen and oxygen atoms in total. The number of nitrogens with zero attached hydrogens (tertiary/aromatic N) is 2. The molecule has 1 unspecified atom stereocenters. The minimum absolute atomic E-state index is 0.0173. The normalized spacial score (nSPS) is 27.9. The predicted octanol–water partition coefficient (Wildman–Crippen LogP) is 2.90. The first kappa shape index (κ1) is 29.3. The number of likely N-dealkylation sites (tertiary alicyclic amines) is 1. The number of aliphatic hydroxyl groups excluding tert-OH is 1. The lowest BCUT2D eigenvalue weighted by molar-refractivity contribution is -0.242. The minimum atomic E-state index is -3.70. The number of halogens is 3. The Hall–Kier alpha value is -1.28. The molecule has 1 aliphatic heterocycles. The Labute approximate surface area is 211 Å². The highest BCUT2D eigenvalue weighted by molar-refractivity contribution is 7.87. The summed E-state index contributed by atoms with van der Waals surface area (Å²) < 4.78 is 79.3. The van der Waals surface area contributed by atoms with Gasteiger partial charge in [-0.15, -0.1) is 0 Å². The number of benzene rings is 1. The molecule has 1 aromatic carbocycles. The van der Waals surface area contributed by atoms with Crippen molar-refractivity contribution in [2.45, 2.75) is 76.0 Å². The fraction of sp³-hybridized carbons (Fsp3) is 0.750. The van der Waals surface area contributed by atoms with E-state index in [1.165, 1.54) is 32.0 Å². The molecule has 0 radical (unpaired) electrons. The first-order chi connectivity index (χ1) is 17.0. The number of nitrogens with one attached hydrogen (secondary N) is 1. The Bertz CT molecular complexity index is 931. The second-order valence-electron chi connectivity index (χ2n) is 9.92. The number of hydrogen-bond acceptors (Lipinski definition) is 6. The lowest BCUT2D eigenvalue weighted by Crippen LogP contribution is -2.57. The van der Waals surface area contributed by atoms with E-state index in [0.29, 0.717) is 6.42 Å². The van der Waals surface area contributed by atoms with Gasteiger partial charge in [0.05, 0.1) is 12.7 Å². The molecule has 1 saturated heterocycles. The highest BCUT2D eigenvalue weighted by Crippen LogP contribution is 2.34. The molecule has 1 aliphatic carbocycles. The van der Waals surface area contributed by atoms with E-state index in [-0.39, 0.29) is 43.5 Å². The van der Waals surface area contributed by atoms with E-state index in [4.69, 9.17) is 9.47 Å². The van der Waals surface area contributed by atoms with E-state index >= 15 is 0 Å². The maximum atomic E-state index is 13.6. The van der Waals surface area contributed by atoms with Gasteiger partial charge < -0.3 is 14.6 Å². The Morgan fingerprint density at radius 3 is 2.50 bits per heavy atom. The van der Waals surface area contributed by atoms with Gasteiger partial charge >= 0.3 is 0 Å². The van der Waals surface area contributed by atoms with Crippen molar-refractivity contribution >= 4 is 10.2 Å². The maximum Gasteiger partial charge on any atom is 0.279 e. The molecule has 2 aliphatic rings.